The number of fused-ring (bicyclic) bond motifs is 7. The van der Waals surface area contributed by atoms with Gasteiger partial charge in [0, 0.05) is 26.4 Å². The zero-order chi connectivity index (χ0) is 27.6. The number of thiophene rings is 2. The summed E-state index contributed by atoms with van der Waals surface area (Å²) in [7, 11) is 0. The molecule has 0 amide bonds. The molecular weight excluding hydrogens is 545 g/mol. The van der Waals surface area contributed by atoms with Gasteiger partial charge in [0.2, 0.25) is 0 Å². The predicted octanol–water partition coefficient (Wildman–Crippen LogP) is 12.6. The lowest BCUT2D eigenvalue weighted by atomic mass is 9.86. The van der Waals surface area contributed by atoms with Crippen molar-refractivity contribution in [1.29, 1.82) is 0 Å². The summed E-state index contributed by atoms with van der Waals surface area (Å²) >= 11 is 3.80. The van der Waals surface area contributed by atoms with E-state index < -0.39 is 0 Å². The van der Waals surface area contributed by atoms with E-state index in [0.29, 0.717) is 0 Å². The molecule has 0 fully saturated rings. The topological polar surface area (TPSA) is 0 Å². The summed E-state index contributed by atoms with van der Waals surface area (Å²) in [4.78, 5) is 0. The molecule has 0 aliphatic carbocycles. The molecule has 0 bridgehead atoms. The van der Waals surface area contributed by atoms with E-state index in [9.17, 15) is 0 Å². The van der Waals surface area contributed by atoms with E-state index in [1.54, 1.807) is 0 Å². The van der Waals surface area contributed by atoms with E-state index in [2.05, 4.69) is 145 Å². The fourth-order valence-corrected chi connectivity index (χ4v) is 9.15. The third-order valence-electron chi connectivity index (χ3n) is 8.55. The Hall–Kier alpha value is -4.76. The first-order chi connectivity index (χ1) is 20.8. The second-order valence-corrected chi connectivity index (χ2v) is 12.8. The zero-order valence-corrected chi connectivity index (χ0v) is 24.3. The molecule has 0 atom stereocenters. The Kier molecular flexibility index (Phi) is 5.34. The van der Waals surface area contributed by atoms with Crippen LogP contribution in [0.3, 0.4) is 0 Å². The van der Waals surface area contributed by atoms with Crippen molar-refractivity contribution < 1.29 is 0 Å². The lowest BCUT2D eigenvalue weighted by Crippen LogP contribution is -1.90. The number of benzene rings is 7. The smallest absolute Gasteiger partial charge is 0.0533 e. The summed E-state index contributed by atoms with van der Waals surface area (Å²) in [6.07, 6.45) is 0. The molecule has 0 aliphatic heterocycles. The van der Waals surface area contributed by atoms with Gasteiger partial charge in [-0.25, -0.2) is 0 Å². The summed E-state index contributed by atoms with van der Waals surface area (Å²) in [5, 5.41) is 11.5. The van der Waals surface area contributed by atoms with E-state index in [4.69, 9.17) is 0 Å². The molecule has 0 saturated heterocycles. The first kappa shape index (κ1) is 23.9. The zero-order valence-electron chi connectivity index (χ0n) is 22.7. The van der Waals surface area contributed by atoms with E-state index in [1.807, 2.05) is 22.7 Å². The van der Waals surface area contributed by atoms with Crippen LogP contribution in [0.5, 0.6) is 0 Å². The van der Waals surface area contributed by atoms with Crippen LogP contribution in [0.2, 0.25) is 0 Å². The maximum atomic E-state index is 2.42. The summed E-state index contributed by atoms with van der Waals surface area (Å²) in [6, 6.07) is 51.1. The monoisotopic (exact) mass is 568 g/mol. The van der Waals surface area contributed by atoms with Crippen LogP contribution in [-0.4, -0.2) is 0 Å². The highest BCUT2D eigenvalue weighted by Gasteiger charge is 2.18. The van der Waals surface area contributed by atoms with Crippen LogP contribution in [0, 0.1) is 0 Å². The SMILES string of the molecule is c1ccc(-c2c3ccccc3c(-c3ccc4c(c3)sc3c4ccc4c(-c5ccccc5)csc43)c3ccccc23)cc1. The normalized spacial score (nSPS) is 11.8. The van der Waals surface area contributed by atoms with Crippen LogP contribution < -0.4 is 0 Å². The minimum Gasteiger partial charge on any atom is -0.142 e. The van der Waals surface area contributed by atoms with Gasteiger partial charge in [0.25, 0.3) is 0 Å². The molecule has 7 aromatic carbocycles. The van der Waals surface area contributed by atoms with Gasteiger partial charge in [-0.15, -0.1) is 22.7 Å². The van der Waals surface area contributed by atoms with Crippen LogP contribution in [0.4, 0.5) is 0 Å². The quantitative estimate of drug-likeness (QED) is 0.186. The molecular formula is C40H24S2. The Morgan fingerprint density at radius 2 is 0.881 bits per heavy atom. The third-order valence-corrected chi connectivity index (χ3v) is 10.9. The minimum absolute atomic E-state index is 1.26. The van der Waals surface area contributed by atoms with Crippen molar-refractivity contribution in [2.45, 2.75) is 0 Å². The first-order valence-corrected chi connectivity index (χ1v) is 16.0. The first-order valence-electron chi connectivity index (χ1n) is 14.3. The Balaban J connectivity index is 1.30. The van der Waals surface area contributed by atoms with Gasteiger partial charge in [-0.3, -0.25) is 0 Å². The van der Waals surface area contributed by atoms with Crippen LogP contribution in [0.25, 0.3) is 85.2 Å². The lowest BCUT2D eigenvalue weighted by molar-refractivity contribution is 1.66. The van der Waals surface area contributed by atoms with Crippen molar-refractivity contribution >= 4 is 74.5 Å². The van der Waals surface area contributed by atoms with E-state index in [0.717, 1.165) is 0 Å². The molecule has 2 aromatic heterocycles. The molecule has 0 N–H and O–H groups in total. The standard InChI is InChI=1S/C40H24S2/c1-3-11-25(12-4-1)35-24-41-39-34(35)22-21-33-28-20-19-27(23-36(28)42-40(33)39)38-31-17-9-7-15-29(31)37(26-13-5-2-6-14-26)30-16-8-10-18-32(30)38/h1-24H. The fourth-order valence-electron chi connectivity index (χ4n) is 6.68. The highest BCUT2D eigenvalue weighted by atomic mass is 32.1. The van der Waals surface area contributed by atoms with Crippen molar-refractivity contribution in [3.8, 4) is 33.4 Å². The average Bonchev–Trinajstić information content (AvgIpc) is 3.66. The molecule has 0 spiro atoms. The van der Waals surface area contributed by atoms with Gasteiger partial charge >= 0.3 is 0 Å². The maximum absolute atomic E-state index is 2.42. The molecule has 2 heterocycles. The van der Waals surface area contributed by atoms with Gasteiger partial charge in [-0.2, -0.15) is 0 Å². The van der Waals surface area contributed by atoms with Gasteiger partial charge in [0.1, 0.15) is 0 Å². The molecule has 0 radical (unpaired) electrons. The van der Waals surface area contributed by atoms with Crippen molar-refractivity contribution in [2.24, 2.45) is 0 Å². The van der Waals surface area contributed by atoms with Crippen molar-refractivity contribution in [1.82, 2.24) is 0 Å². The summed E-state index contributed by atoms with van der Waals surface area (Å²) in [5.74, 6) is 0. The Labute approximate surface area is 251 Å². The Morgan fingerprint density at radius 1 is 0.357 bits per heavy atom. The van der Waals surface area contributed by atoms with Gasteiger partial charge in [0.05, 0.1) is 9.40 Å². The largest absolute Gasteiger partial charge is 0.142 e. The van der Waals surface area contributed by atoms with E-state index in [-0.39, 0.29) is 0 Å². The van der Waals surface area contributed by atoms with Gasteiger partial charge in [0.15, 0.2) is 0 Å². The van der Waals surface area contributed by atoms with Crippen LogP contribution in [-0.2, 0) is 0 Å². The molecule has 0 nitrogen and oxygen atoms in total. The second kappa shape index (κ2) is 9.39. The molecule has 0 aliphatic rings. The Morgan fingerprint density at radius 3 is 1.52 bits per heavy atom. The van der Waals surface area contributed by atoms with Crippen LogP contribution >= 0.6 is 22.7 Å². The molecule has 2 heteroatoms. The summed E-state index contributed by atoms with van der Waals surface area (Å²) in [6.45, 7) is 0. The summed E-state index contributed by atoms with van der Waals surface area (Å²) in [5.41, 5.74) is 7.76. The highest BCUT2D eigenvalue weighted by Crippen LogP contribution is 2.47. The molecule has 9 aromatic rings. The molecule has 42 heavy (non-hydrogen) atoms. The summed E-state index contributed by atoms with van der Waals surface area (Å²) < 4.78 is 4.11. The molecule has 9 rings (SSSR count). The lowest BCUT2D eigenvalue weighted by Gasteiger charge is -2.17. The van der Waals surface area contributed by atoms with Crippen molar-refractivity contribution in [2.75, 3.05) is 0 Å². The number of hydrogen-bond donors (Lipinski definition) is 0. The number of hydrogen-bond acceptors (Lipinski definition) is 2. The second-order valence-electron chi connectivity index (χ2n) is 10.9. The maximum Gasteiger partial charge on any atom is 0.0533 e. The highest BCUT2D eigenvalue weighted by molar-refractivity contribution is 7.30. The third kappa shape index (κ3) is 3.53. The number of rotatable bonds is 3. The average molecular weight is 569 g/mol. The minimum atomic E-state index is 1.26. The van der Waals surface area contributed by atoms with Crippen LogP contribution in [0.1, 0.15) is 0 Å². The van der Waals surface area contributed by atoms with E-state index in [1.165, 1.54) is 85.2 Å². The Bertz CT molecular complexity index is 2390. The van der Waals surface area contributed by atoms with Crippen molar-refractivity contribution in [3.05, 3.63) is 145 Å². The molecule has 196 valence electrons. The molecule has 0 unspecified atom stereocenters. The van der Waals surface area contributed by atoms with Gasteiger partial charge in [-0.1, -0.05) is 133 Å². The van der Waals surface area contributed by atoms with Crippen molar-refractivity contribution in [3.63, 3.8) is 0 Å². The molecule has 0 saturated carbocycles. The van der Waals surface area contributed by atoms with E-state index >= 15 is 0 Å². The van der Waals surface area contributed by atoms with Gasteiger partial charge < -0.3 is 0 Å². The predicted molar refractivity (Wildman–Crippen MR) is 186 cm³/mol. The van der Waals surface area contributed by atoms with Crippen LogP contribution in [0.15, 0.2) is 145 Å². The van der Waals surface area contributed by atoms with Gasteiger partial charge in [-0.05, 0) is 60.8 Å². The fraction of sp³-hybridized carbons (Fsp3) is 0.